The number of nitrogens with one attached hydrogen (secondary N) is 2. The Kier molecular flexibility index (Phi) is 7.68. The lowest BCUT2D eigenvalue weighted by atomic mass is 10.0. The molecule has 1 aliphatic rings. The predicted molar refractivity (Wildman–Crippen MR) is 117 cm³/mol. The van der Waals surface area contributed by atoms with Crippen LogP contribution in [0.5, 0.6) is 0 Å². The summed E-state index contributed by atoms with van der Waals surface area (Å²) in [4.78, 5) is 23.1. The molecule has 162 valence electrons. The Morgan fingerprint density at radius 1 is 1.37 bits per heavy atom. The van der Waals surface area contributed by atoms with Gasteiger partial charge in [-0.05, 0) is 31.9 Å². The SMILES string of the molecule is CCNC(=NCc1nc(-c2cccc(Cl)c2)no1)NC1CCN(C(=O)C(C)C)CC1. The van der Waals surface area contributed by atoms with Gasteiger partial charge in [0.1, 0.15) is 6.54 Å². The minimum Gasteiger partial charge on any atom is -0.357 e. The third-order valence-corrected chi connectivity index (χ3v) is 5.14. The molecule has 1 fully saturated rings. The van der Waals surface area contributed by atoms with Gasteiger partial charge in [0.2, 0.25) is 17.6 Å². The molecule has 1 amide bonds. The van der Waals surface area contributed by atoms with E-state index in [9.17, 15) is 4.79 Å². The lowest BCUT2D eigenvalue weighted by Crippen LogP contribution is -2.50. The number of likely N-dealkylation sites (tertiary alicyclic amines) is 1. The summed E-state index contributed by atoms with van der Waals surface area (Å²) < 4.78 is 5.33. The number of guanidine groups is 1. The fourth-order valence-electron chi connectivity index (χ4n) is 3.33. The molecule has 1 aliphatic heterocycles. The quantitative estimate of drug-likeness (QED) is 0.538. The van der Waals surface area contributed by atoms with Gasteiger partial charge in [0.25, 0.3) is 0 Å². The van der Waals surface area contributed by atoms with Crippen molar-refractivity contribution in [1.29, 1.82) is 0 Å². The highest BCUT2D eigenvalue weighted by Gasteiger charge is 2.24. The minimum absolute atomic E-state index is 0.0413. The second-order valence-electron chi connectivity index (χ2n) is 7.62. The average molecular weight is 433 g/mol. The molecule has 30 heavy (non-hydrogen) atoms. The van der Waals surface area contributed by atoms with Crippen molar-refractivity contribution >= 4 is 23.5 Å². The van der Waals surface area contributed by atoms with E-state index in [-0.39, 0.29) is 24.4 Å². The molecule has 1 saturated heterocycles. The number of carbonyl (C=O) groups is 1. The molecule has 2 N–H and O–H groups in total. The van der Waals surface area contributed by atoms with Crippen LogP contribution in [0.2, 0.25) is 5.02 Å². The predicted octanol–water partition coefficient (Wildman–Crippen LogP) is 3.09. The van der Waals surface area contributed by atoms with Gasteiger partial charge in [-0.2, -0.15) is 4.98 Å². The van der Waals surface area contributed by atoms with Crippen LogP contribution >= 0.6 is 11.6 Å². The van der Waals surface area contributed by atoms with Crippen LogP contribution in [0.3, 0.4) is 0 Å². The second-order valence-corrected chi connectivity index (χ2v) is 8.05. The summed E-state index contributed by atoms with van der Waals surface area (Å²) in [5, 5.41) is 11.3. The number of benzene rings is 1. The molecule has 8 nitrogen and oxygen atoms in total. The Morgan fingerprint density at radius 3 is 2.80 bits per heavy atom. The number of rotatable bonds is 6. The van der Waals surface area contributed by atoms with Gasteiger partial charge in [0.05, 0.1) is 0 Å². The van der Waals surface area contributed by atoms with Crippen LogP contribution in [0.4, 0.5) is 0 Å². The lowest BCUT2D eigenvalue weighted by Gasteiger charge is -2.34. The van der Waals surface area contributed by atoms with Gasteiger partial charge in [-0.15, -0.1) is 0 Å². The monoisotopic (exact) mass is 432 g/mol. The highest BCUT2D eigenvalue weighted by atomic mass is 35.5. The number of nitrogens with zero attached hydrogens (tertiary/aromatic N) is 4. The van der Waals surface area contributed by atoms with E-state index in [1.54, 1.807) is 12.1 Å². The maximum Gasteiger partial charge on any atom is 0.248 e. The lowest BCUT2D eigenvalue weighted by molar-refractivity contribution is -0.135. The van der Waals surface area contributed by atoms with Crippen molar-refractivity contribution in [1.82, 2.24) is 25.7 Å². The first-order valence-electron chi connectivity index (χ1n) is 10.4. The second kappa shape index (κ2) is 10.4. The molecular weight excluding hydrogens is 404 g/mol. The van der Waals surface area contributed by atoms with E-state index < -0.39 is 0 Å². The first-order chi connectivity index (χ1) is 14.5. The van der Waals surface area contributed by atoms with Crippen LogP contribution in [0.15, 0.2) is 33.8 Å². The summed E-state index contributed by atoms with van der Waals surface area (Å²) >= 11 is 6.03. The number of hydrogen-bond donors (Lipinski definition) is 2. The molecule has 0 radical (unpaired) electrons. The molecular formula is C21H29ClN6O2. The van der Waals surface area contributed by atoms with Crippen molar-refractivity contribution < 1.29 is 9.32 Å². The molecule has 0 saturated carbocycles. The summed E-state index contributed by atoms with van der Waals surface area (Å²) in [5.74, 6) is 1.89. The van der Waals surface area contributed by atoms with Crippen molar-refractivity contribution in [2.75, 3.05) is 19.6 Å². The molecule has 3 rings (SSSR count). The molecule has 0 spiro atoms. The van der Waals surface area contributed by atoms with Gasteiger partial charge in [-0.3, -0.25) is 4.79 Å². The third kappa shape index (κ3) is 5.95. The molecule has 1 aromatic heterocycles. The third-order valence-electron chi connectivity index (χ3n) is 4.91. The highest BCUT2D eigenvalue weighted by Crippen LogP contribution is 2.20. The van der Waals surface area contributed by atoms with Gasteiger partial charge in [-0.1, -0.05) is 42.7 Å². The van der Waals surface area contributed by atoms with Crippen LogP contribution in [0.1, 0.15) is 39.5 Å². The van der Waals surface area contributed by atoms with Gasteiger partial charge < -0.3 is 20.1 Å². The molecule has 0 aliphatic carbocycles. The molecule has 2 heterocycles. The van der Waals surface area contributed by atoms with Gasteiger partial charge in [0.15, 0.2) is 5.96 Å². The van der Waals surface area contributed by atoms with E-state index >= 15 is 0 Å². The smallest absolute Gasteiger partial charge is 0.248 e. The van der Waals surface area contributed by atoms with Gasteiger partial charge in [0, 0.05) is 42.2 Å². The van der Waals surface area contributed by atoms with Gasteiger partial charge >= 0.3 is 0 Å². The highest BCUT2D eigenvalue weighted by molar-refractivity contribution is 6.30. The van der Waals surface area contributed by atoms with Crippen molar-refractivity contribution in [2.45, 2.75) is 46.2 Å². The summed E-state index contributed by atoms with van der Waals surface area (Å²) in [6.07, 6.45) is 1.78. The van der Waals surface area contributed by atoms with E-state index in [2.05, 4.69) is 25.8 Å². The standard InChI is InChI=1S/C21H29ClN6O2/c1-4-23-21(25-17-8-10-28(11-9-17)20(29)14(2)3)24-13-18-26-19(27-30-18)15-6-5-7-16(22)12-15/h5-7,12,14,17H,4,8-11,13H2,1-3H3,(H2,23,24,25). The van der Waals surface area contributed by atoms with E-state index in [1.807, 2.05) is 37.8 Å². The number of halogens is 1. The Balaban J connectivity index is 1.57. The number of carbonyl (C=O) groups excluding carboxylic acids is 1. The van der Waals surface area contributed by atoms with Crippen LogP contribution < -0.4 is 10.6 Å². The van der Waals surface area contributed by atoms with Gasteiger partial charge in [-0.25, -0.2) is 4.99 Å². The van der Waals surface area contributed by atoms with Crippen molar-refractivity contribution in [2.24, 2.45) is 10.9 Å². The minimum atomic E-state index is 0.0413. The Labute approximate surface area is 182 Å². The van der Waals surface area contributed by atoms with Crippen LogP contribution in [0, 0.1) is 5.92 Å². The molecule has 0 atom stereocenters. The normalized spacial score (nSPS) is 15.5. The van der Waals surface area contributed by atoms with Crippen molar-refractivity contribution in [3.63, 3.8) is 0 Å². The number of aliphatic imine (C=N–C) groups is 1. The number of piperidine rings is 1. The zero-order valence-electron chi connectivity index (χ0n) is 17.7. The molecule has 9 heteroatoms. The fourth-order valence-corrected chi connectivity index (χ4v) is 3.52. The van der Waals surface area contributed by atoms with E-state index in [0.717, 1.165) is 38.0 Å². The van der Waals surface area contributed by atoms with Crippen molar-refractivity contribution in [3.05, 3.63) is 35.2 Å². The molecule has 0 bridgehead atoms. The Hall–Kier alpha value is -2.61. The molecule has 1 aromatic carbocycles. The first kappa shape index (κ1) is 22.1. The summed E-state index contributed by atoms with van der Waals surface area (Å²) in [6, 6.07) is 7.59. The Bertz CT molecular complexity index is 874. The maximum atomic E-state index is 12.2. The summed E-state index contributed by atoms with van der Waals surface area (Å²) in [5.41, 5.74) is 0.800. The largest absolute Gasteiger partial charge is 0.357 e. The molecule has 0 unspecified atom stereocenters. The van der Waals surface area contributed by atoms with Crippen LogP contribution in [-0.2, 0) is 11.3 Å². The van der Waals surface area contributed by atoms with Crippen LogP contribution in [0.25, 0.3) is 11.4 Å². The number of aromatic nitrogens is 2. The Morgan fingerprint density at radius 2 is 2.13 bits per heavy atom. The maximum absolute atomic E-state index is 12.2. The number of amides is 1. The zero-order chi connectivity index (χ0) is 21.5. The van der Waals surface area contributed by atoms with E-state index in [1.165, 1.54) is 0 Å². The number of hydrogen-bond acceptors (Lipinski definition) is 5. The van der Waals surface area contributed by atoms with Crippen molar-refractivity contribution in [3.8, 4) is 11.4 Å². The summed E-state index contributed by atoms with van der Waals surface area (Å²) in [6.45, 7) is 8.45. The van der Waals surface area contributed by atoms with Crippen LogP contribution in [-0.4, -0.2) is 52.6 Å². The topological polar surface area (TPSA) is 95.7 Å². The first-order valence-corrected chi connectivity index (χ1v) is 10.8. The zero-order valence-corrected chi connectivity index (χ0v) is 18.4. The fraction of sp³-hybridized carbons (Fsp3) is 0.524. The average Bonchev–Trinajstić information content (AvgIpc) is 3.21. The molecule has 2 aromatic rings. The van der Waals surface area contributed by atoms with E-state index in [4.69, 9.17) is 16.1 Å². The van der Waals surface area contributed by atoms with E-state index in [0.29, 0.717) is 22.7 Å². The summed E-state index contributed by atoms with van der Waals surface area (Å²) in [7, 11) is 0.